The summed E-state index contributed by atoms with van der Waals surface area (Å²) < 4.78 is 20.9. The zero-order valence-electron chi connectivity index (χ0n) is 14.0. The van der Waals surface area contributed by atoms with Crippen LogP contribution in [0.15, 0.2) is 35.0 Å². The summed E-state index contributed by atoms with van der Waals surface area (Å²) in [5.41, 5.74) is 0.795. The van der Waals surface area contributed by atoms with Crippen molar-refractivity contribution in [2.45, 2.75) is 43.8 Å². The molecule has 1 unspecified atom stereocenters. The van der Waals surface area contributed by atoms with Crippen molar-refractivity contribution in [1.82, 2.24) is 20.0 Å². The summed E-state index contributed by atoms with van der Waals surface area (Å²) in [6.07, 6.45) is 5.36. The molecule has 1 aliphatic carbocycles. The predicted octanol–water partition coefficient (Wildman–Crippen LogP) is 3.89. The van der Waals surface area contributed by atoms with E-state index >= 15 is 4.39 Å². The first-order valence-electron chi connectivity index (χ1n) is 9.02. The normalized spacial score (nSPS) is 24.8. The van der Waals surface area contributed by atoms with Crippen molar-refractivity contribution < 1.29 is 8.91 Å². The number of likely N-dealkylation sites (tertiary alicyclic amines) is 1. The quantitative estimate of drug-likeness (QED) is 0.783. The third-order valence-corrected chi connectivity index (χ3v) is 5.37. The van der Waals surface area contributed by atoms with Gasteiger partial charge in [-0.1, -0.05) is 17.3 Å². The van der Waals surface area contributed by atoms with Crippen LogP contribution in [-0.2, 0) is 12.2 Å². The largest absolute Gasteiger partial charge is 0.361 e. The summed E-state index contributed by atoms with van der Waals surface area (Å²) in [5, 5.41) is 5.19. The average Bonchev–Trinajstić information content (AvgIpc) is 3.13. The molecule has 1 aliphatic heterocycles. The number of hydrogen-bond acceptors (Lipinski definition) is 4. The highest BCUT2D eigenvalue weighted by molar-refractivity contribution is 5.82. The van der Waals surface area contributed by atoms with Crippen molar-refractivity contribution in [2.75, 3.05) is 13.1 Å². The Labute approximate surface area is 145 Å². The Morgan fingerprint density at radius 2 is 2.24 bits per heavy atom. The number of rotatable bonds is 4. The number of aromatic amines is 1. The molecule has 2 fully saturated rings. The van der Waals surface area contributed by atoms with Crippen molar-refractivity contribution >= 4 is 10.9 Å². The summed E-state index contributed by atoms with van der Waals surface area (Å²) in [5.74, 6) is 1.23. The van der Waals surface area contributed by atoms with Gasteiger partial charge in [0.15, 0.2) is 5.82 Å². The average molecular weight is 340 g/mol. The second kappa shape index (κ2) is 5.66. The molecule has 1 saturated carbocycles. The van der Waals surface area contributed by atoms with Gasteiger partial charge in [-0.05, 0) is 49.9 Å². The number of H-pyrrole nitrogens is 1. The van der Waals surface area contributed by atoms with Crippen molar-refractivity contribution in [3.8, 4) is 0 Å². The first-order chi connectivity index (χ1) is 12.2. The van der Waals surface area contributed by atoms with Gasteiger partial charge in [0.1, 0.15) is 0 Å². The number of hydrogen-bond donors (Lipinski definition) is 1. The molecule has 3 heterocycles. The maximum absolute atomic E-state index is 15.6. The maximum Gasteiger partial charge on any atom is 0.265 e. The van der Waals surface area contributed by atoms with Gasteiger partial charge in [-0.3, -0.25) is 4.90 Å². The van der Waals surface area contributed by atoms with Crippen LogP contribution in [0.3, 0.4) is 0 Å². The number of fused-ring (bicyclic) bond motifs is 1. The van der Waals surface area contributed by atoms with Crippen LogP contribution in [-0.4, -0.2) is 33.1 Å². The van der Waals surface area contributed by atoms with Gasteiger partial charge < -0.3 is 9.51 Å². The summed E-state index contributed by atoms with van der Waals surface area (Å²) in [7, 11) is 0. The number of benzene rings is 1. The Morgan fingerprint density at radius 3 is 3.12 bits per heavy atom. The molecule has 130 valence electrons. The van der Waals surface area contributed by atoms with E-state index in [-0.39, 0.29) is 5.89 Å². The van der Waals surface area contributed by atoms with E-state index in [1.165, 1.54) is 10.9 Å². The van der Waals surface area contributed by atoms with Crippen LogP contribution in [0.4, 0.5) is 4.39 Å². The Balaban J connectivity index is 1.37. The van der Waals surface area contributed by atoms with Crippen LogP contribution in [0.25, 0.3) is 10.9 Å². The van der Waals surface area contributed by atoms with Gasteiger partial charge in [0.25, 0.3) is 5.89 Å². The molecule has 1 N–H and O–H groups in total. The molecule has 1 aromatic carbocycles. The lowest BCUT2D eigenvalue weighted by molar-refractivity contribution is 0.0125. The molecule has 0 spiro atoms. The minimum atomic E-state index is -1.54. The SMILES string of the molecule is FC1(c2nc(C3CC3)no2)CCCN(Cc2cccc3[nH]ccc23)C1. The van der Waals surface area contributed by atoms with E-state index in [2.05, 4.69) is 38.2 Å². The van der Waals surface area contributed by atoms with Gasteiger partial charge >= 0.3 is 0 Å². The number of nitrogens with zero attached hydrogens (tertiary/aromatic N) is 3. The Hall–Kier alpha value is -2.21. The number of aromatic nitrogens is 3. The highest BCUT2D eigenvalue weighted by Gasteiger charge is 2.43. The number of halogens is 1. The predicted molar refractivity (Wildman–Crippen MR) is 91.9 cm³/mol. The molecule has 25 heavy (non-hydrogen) atoms. The number of nitrogens with one attached hydrogen (secondary N) is 1. The second-order valence-corrected chi connectivity index (χ2v) is 7.37. The molecule has 1 saturated heterocycles. The van der Waals surface area contributed by atoms with Crippen LogP contribution >= 0.6 is 0 Å². The highest BCUT2D eigenvalue weighted by atomic mass is 19.1. The Bertz CT molecular complexity index is 900. The maximum atomic E-state index is 15.6. The molecule has 5 rings (SSSR count). The van der Waals surface area contributed by atoms with E-state index in [0.29, 0.717) is 24.7 Å². The number of piperidine rings is 1. The molecule has 2 aliphatic rings. The topological polar surface area (TPSA) is 58.0 Å². The Kier molecular flexibility index (Phi) is 3.41. The third kappa shape index (κ3) is 2.74. The van der Waals surface area contributed by atoms with E-state index in [1.807, 2.05) is 12.3 Å². The van der Waals surface area contributed by atoms with Gasteiger partial charge in [-0.15, -0.1) is 0 Å². The molecule has 0 radical (unpaired) electrons. The summed E-state index contributed by atoms with van der Waals surface area (Å²) in [4.78, 5) is 9.76. The second-order valence-electron chi connectivity index (χ2n) is 7.37. The summed E-state index contributed by atoms with van der Waals surface area (Å²) in [6.45, 7) is 1.92. The Morgan fingerprint density at radius 1 is 1.32 bits per heavy atom. The van der Waals surface area contributed by atoms with E-state index in [9.17, 15) is 0 Å². The smallest absolute Gasteiger partial charge is 0.265 e. The summed E-state index contributed by atoms with van der Waals surface area (Å²) in [6, 6.07) is 8.30. The molecule has 0 amide bonds. The van der Waals surface area contributed by atoms with Crippen LogP contribution < -0.4 is 0 Å². The molecule has 1 atom stereocenters. The molecular weight excluding hydrogens is 319 g/mol. The van der Waals surface area contributed by atoms with Crippen molar-refractivity contribution in [3.63, 3.8) is 0 Å². The molecular formula is C19H21FN4O. The van der Waals surface area contributed by atoms with Gasteiger partial charge in [0, 0.05) is 36.1 Å². The van der Waals surface area contributed by atoms with Crippen LogP contribution in [0.5, 0.6) is 0 Å². The zero-order valence-corrected chi connectivity index (χ0v) is 14.0. The van der Waals surface area contributed by atoms with Crippen LogP contribution in [0.1, 0.15) is 48.9 Å². The van der Waals surface area contributed by atoms with E-state index in [1.54, 1.807) is 0 Å². The van der Waals surface area contributed by atoms with Gasteiger partial charge in [-0.25, -0.2) is 4.39 Å². The van der Waals surface area contributed by atoms with Crippen molar-refractivity contribution in [3.05, 3.63) is 47.7 Å². The number of alkyl halides is 1. The van der Waals surface area contributed by atoms with E-state index < -0.39 is 5.67 Å². The van der Waals surface area contributed by atoms with Gasteiger partial charge in [0.05, 0.1) is 0 Å². The molecule has 3 aromatic rings. The summed E-state index contributed by atoms with van der Waals surface area (Å²) >= 11 is 0. The van der Waals surface area contributed by atoms with Gasteiger partial charge in [-0.2, -0.15) is 4.98 Å². The van der Waals surface area contributed by atoms with E-state index in [4.69, 9.17) is 4.52 Å². The zero-order chi connectivity index (χ0) is 16.9. The molecule has 6 heteroatoms. The minimum absolute atomic E-state index is 0.166. The lowest BCUT2D eigenvalue weighted by atomic mass is 9.94. The van der Waals surface area contributed by atoms with Gasteiger partial charge in [0.2, 0.25) is 5.67 Å². The fraction of sp³-hybridized carbons (Fsp3) is 0.474. The molecule has 2 aromatic heterocycles. The molecule has 5 nitrogen and oxygen atoms in total. The lowest BCUT2D eigenvalue weighted by Crippen LogP contribution is -2.43. The van der Waals surface area contributed by atoms with Crippen LogP contribution in [0.2, 0.25) is 0 Å². The third-order valence-electron chi connectivity index (χ3n) is 5.37. The minimum Gasteiger partial charge on any atom is -0.361 e. The monoisotopic (exact) mass is 340 g/mol. The van der Waals surface area contributed by atoms with Crippen molar-refractivity contribution in [1.29, 1.82) is 0 Å². The van der Waals surface area contributed by atoms with E-state index in [0.717, 1.165) is 37.9 Å². The van der Waals surface area contributed by atoms with Crippen LogP contribution in [0, 0.1) is 0 Å². The fourth-order valence-electron chi connectivity index (χ4n) is 3.86. The molecule has 0 bridgehead atoms. The highest BCUT2D eigenvalue weighted by Crippen LogP contribution is 2.41. The van der Waals surface area contributed by atoms with Crippen molar-refractivity contribution in [2.24, 2.45) is 0 Å². The first kappa shape index (κ1) is 15.1. The first-order valence-corrected chi connectivity index (χ1v) is 9.02. The fourth-order valence-corrected chi connectivity index (χ4v) is 3.86. The lowest BCUT2D eigenvalue weighted by Gasteiger charge is -2.35. The standard InChI is InChI=1S/C19H21FN4O/c20-19(18-22-17(23-25-18)13-5-6-13)8-2-10-24(12-19)11-14-3-1-4-16-15(14)7-9-21-16/h1,3-4,7,9,13,21H,2,5-6,8,10-12H2.